The number of carbonyl (C=O) groups is 1. The predicted octanol–water partition coefficient (Wildman–Crippen LogP) is 4.80. The number of halogens is 1. The molecule has 0 saturated carbocycles. The first-order valence-electron chi connectivity index (χ1n) is 6.64. The Labute approximate surface area is 114 Å². The zero-order valence-corrected chi connectivity index (χ0v) is 11.9. The molecule has 0 amide bonds. The number of rotatable bonds is 8. The van der Waals surface area contributed by atoms with Crippen LogP contribution in [0, 0.1) is 0 Å². The van der Waals surface area contributed by atoms with Crippen molar-refractivity contribution in [2.75, 3.05) is 0 Å². The van der Waals surface area contributed by atoms with E-state index in [0.717, 1.165) is 32.1 Å². The van der Waals surface area contributed by atoms with E-state index in [-0.39, 0.29) is 6.10 Å². The quantitative estimate of drug-likeness (QED) is 0.633. The molecule has 1 unspecified atom stereocenters. The number of ether oxygens (including phenoxy) is 1. The average molecular weight is 269 g/mol. The van der Waals surface area contributed by atoms with E-state index in [1.165, 1.54) is 0 Å². The number of benzene rings is 1. The van der Waals surface area contributed by atoms with Gasteiger partial charge < -0.3 is 4.74 Å². The highest BCUT2D eigenvalue weighted by Gasteiger charge is 2.14. The van der Waals surface area contributed by atoms with Crippen molar-refractivity contribution in [3.8, 4) is 5.75 Å². The second-order valence-electron chi connectivity index (χ2n) is 4.44. The summed E-state index contributed by atoms with van der Waals surface area (Å²) in [4.78, 5) is 11.3. The van der Waals surface area contributed by atoms with Gasteiger partial charge in [0.25, 0.3) is 5.24 Å². The maximum absolute atomic E-state index is 11.3. The van der Waals surface area contributed by atoms with Gasteiger partial charge in [0.05, 0.1) is 11.7 Å². The molecule has 1 atom stereocenters. The van der Waals surface area contributed by atoms with Gasteiger partial charge in [0, 0.05) is 0 Å². The Kier molecular flexibility index (Phi) is 6.81. The van der Waals surface area contributed by atoms with Gasteiger partial charge in [-0.15, -0.1) is 0 Å². The van der Waals surface area contributed by atoms with Crippen LogP contribution in [-0.4, -0.2) is 11.3 Å². The number of hydrogen-bond donors (Lipinski definition) is 0. The fraction of sp³-hybridized carbons (Fsp3) is 0.533. The van der Waals surface area contributed by atoms with E-state index in [0.29, 0.717) is 11.3 Å². The smallest absolute Gasteiger partial charge is 0.256 e. The van der Waals surface area contributed by atoms with E-state index in [9.17, 15) is 4.79 Å². The molecule has 1 aromatic carbocycles. The summed E-state index contributed by atoms with van der Waals surface area (Å²) < 4.78 is 5.94. The summed E-state index contributed by atoms with van der Waals surface area (Å²) in [7, 11) is 0. The van der Waals surface area contributed by atoms with E-state index in [4.69, 9.17) is 16.3 Å². The molecule has 0 fully saturated rings. The molecular weight excluding hydrogens is 248 g/mol. The number of carbonyl (C=O) groups excluding carboxylic acids is 1. The van der Waals surface area contributed by atoms with Gasteiger partial charge in [-0.1, -0.05) is 45.2 Å². The summed E-state index contributed by atoms with van der Waals surface area (Å²) in [6.45, 7) is 4.31. The second kappa shape index (κ2) is 8.15. The van der Waals surface area contributed by atoms with Crippen LogP contribution in [0.5, 0.6) is 5.75 Å². The third-order valence-corrected chi connectivity index (χ3v) is 3.09. The molecule has 0 heterocycles. The summed E-state index contributed by atoms with van der Waals surface area (Å²) in [5.74, 6) is 0.604. The van der Waals surface area contributed by atoms with E-state index in [1.807, 2.05) is 12.1 Å². The van der Waals surface area contributed by atoms with Gasteiger partial charge in [0.1, 0.15) is 5.75 Å². The first-order chi connectivity index (χ1) is 8.69. The highest BCUT2D eigenvalue weighted by Crippen LogP contribution is 2.23. The Morgan fingerprint density at radius 3 is 2.56 bits per heavy atom. The molecule has 0 radical (unpaired) electrons. The van der Waals surface area contributed by atoms with Crippen molar-refractivity contribution in [1.29, 1.82) is 0 Å². The molecule has 0 aliphatic heterocycles. The zero-order valence-electron chi connectivity index (χ0n) is 11.1. The van der Waals surface area contributed by atoms with Crippen molar-refractivity contribution in [3.63, 3.8) is 0 Å². The van der Waals surface area contributed by atoms with E-state index in [2.05, 4.69) is 13.8 Å². The van der Waals surface area contributed by atoms with Crippen LogP contribution in [0.3, 0.4) is 0 Å². The molecule has 0 aromatic heterocycles. The first kappa shape index (κ1) is 15.0. The lowest BCUT2D eigenvalue weighted by atomic mass is 10.1. The van der Waals surface area contributed by atoms with E-state index in [1.54, 1.807) is 12.1 Å². The maximum Gasteiger partial charge on any atom is 0.256 e. The molecule has 0 aliphatic carbocycles. The second-order valence-corrected chi connectivity index (χ2v) is 4.78. The van der Waals surface area contributed by atoms with Crippen molar-refractivity contribution in [2.45, 2.75) is 52.1 Å². The van der Waals surface area contributed by atoms with Crippen LogP contribution in [0.4, 0.5) is 0 Å². The van der Waals surface area contributed by atoms with Crippen LogP contribution >= 0.6 is 11.6 Å². The monoisotopic (exact) mass is 268 g/mol. The van der Waals surface area contributed by atoms with Crippen LogP contribution < -0.4 is 4.74 Å². The molecule has 2 nitrogen and oxygen atoms in total. The van der Waals surface area contributed by atoms with Crippen LogP contribution in [-0.2, 0) is 0 Å². The highest BCUT2D eigenvalue weighted by molar-refractivity contribution is 6.68. The van der Waals surface area contributed by atoms with Gasteiger partial charge >= 0.3 is 0 Å². The van der Waals surface area contributed by atoms with Gasteiger partial charge in [-0.3, -0.25) is 4.79 Å². The van der Waals surface area contributed by atoms with Crippen molar-refractivity contribution in [3.05, 3.63) is 29.8 Å². The topological polar surface area (TPSA) is 26.3 Å². The average Bonchev–Trinajstić information content (AvgIpc) is 2.36. The summed E-state index contributed by atoms with van der Waals surface area (Å²) in [6, 6.07) is 7.17. The molecule has 0 bridgehead atoms. The summed E-state index contributed by atoms with van der Waals surface area (Å²) in [5, 5.41) is -0.462. The fourth-order valence-electron chi connectivity index (χ4n) is 1.93. The third kappa shape index (κ3) is 4.69. The van der Waals surface area contributed by atoms with Crippen molar-refractivity contribution < 1.29 is 9.53 Å². The van der Waals surface area contributed by atoms with Crippen LogP contribution in [0.1, 0.15) is 56.3 Å². The maximum atomic E-state index is 11.3. The Morgan fingerprint density at radius 2 is 1.94 bits per heavy atom. The van der Waals surface area contributed by atoms with E-state index < -0.39 is 5.24 Å². The lowest BCUT2D eigenvalue weighted by molar-refractivity contribution is 0.107. The Morgan fingerprint density at radius 1 is 1.22 bits per heavy atom. The Hall–Kier alpha value is -1.02. The molecule has 3 heteroatoms. The van der Waals surface area contributed by atoms with Crippen molar-refractivity contribution in [1.82, 2.24) is 0 Å². The number of unbranched alkanes of at least 4 members (excludes halogenated alkanes) is 1. The molecule has 1 aromatic rings. The summed E-state index contributed by atoms with van der Waals surface area (Å²) in [5.41, 5.74) is 0.455. The Balaban J connectivity index is 2.76. The molecule has 1 rings (SSSR count). The standard InChI is InChI=1S/C15H21ClO2/c1-3-5-9-12(8-4-2)18-14-11-7-6-10-13(14)15(16)17/h6-7,10-12H,3-5,8-9H2,1-2H3. The minimum Gasteiger partial charge on any atom is -0.490 e. The highest BCUT2D eigenvalue weighted by atomic mass is 35.5. The van der Waals surface area contributed by atoms with Crippen LogP contribution in [0.2, 0.25) is 0 Å². The van der Waals surface area contributed by atoms with Gasteiger partial charge in [0.2, 0.25) is 0 Å². The minimum absolute atomic E-state index is 0.173. The Bertz CT molecular complexity index is 377. The number of para-hydroxylation sites is 1. The molecule has 0 spiro atoms. The number of hydrogen-bond acceptors (Lipinski definition) is 2. The normalized spacial score (nSPS) is 12.2. The zero-order chi connectivity index (χ0) is 13.4. The predicted molar refractivity (Wildman–Crippen MR) is 75.5 cm³/mol. The molecule has 0 aliphatic rings. The van der Waals surface area contributed by atoms with E-state index >= 15 is 0 Å². The molecule has 100 valence electrons. The summed E-state index contributed by atoms with van der Waals surface area (Å²) in [6.07, 6.45) is 5.57. The largest absolute Gasteiger partial charge is 0.490 e. The van der Waals surface area contributed by atoms with Gasteiger partial charge in [-0.05, 0) is 36.6 Å². The molecule has 18 heavy (non-hydrogen) atoms. The van der Waals surface area contributed by atoms with Crippen LogP contribution in [0.15, 0.2) is 24.3 Å². The molecule has 0 N–H and O–H groups in total. The van der Waals surface area contributed by atoms with Crippen LogP contribution in [0.25, 0.3) is 0 Å². The lowest BCUT2D eigenvalue weighted by Gasteiger charge is -2.19. The lowest BCUT2D eigenvalue weighted by Crippen LogP contribution is -2.17. The first-order valence-corrected chi connectivity index (χ1v) is 7.02. The minimum atomic E-state index is -0.462. The third-order valence-electron chi connectivity index (χ3n) is 2.88. The SMILES string of the molecule is CCCCC(CCC)Oc1ccccc1C(=O)Cl. The van der Waals surface area contributed by atoms with Crippen molar-refractivity contribution in [2.24, 2.45) is 0 Å². The van der Waals surface area contributed by atoms with Gasteiger partial charge in [0.15, 0.2) is 0 Å². The molecule has 0 saturated heterocycles. The molecular formula is C15H21ClO2. The van der Waals surface area contributed by atoms with Gasteiger partial charge in [-0.25, -0.2) is 0 Å². The van der Waals surface area contributed by atoms with Gasteiger partial charge in [-0.2, -0.15) is 0 Å². The fourth-order valence-corrected chi connectivity index (χ4v) is 2.08. The summed E-state index contributed by atoms with van der Waals surface area (Å²) >= 11 is 5.55. The van der Waals surface area contributed by atoms with Crippen molar-refractivity contribution >= 4 is 16.8 Å².